The van der Waals surface area contributed by atoms with Crippen LogP contribution in [0.3, 0.4) is 0 Å². The normalized spacial score (nSPS) is 14.3. The van der Waals surface area contributed by atoms with Gasteiger partial charge in [0.1, 0.15) is 5.82 Å². The molecule has 1 saturated heterocycles. The minimum atomic E-state index is -0.325. The zero-order valence-electron chi connectivity index (χ0n) is 20.2. The number of nitrogens with one attached hydrogen (secondary N) is 2. The van der Waals surface area contributed by atoms with Crippen molar-refractivity contribution in [2.75, 3.05) is 48.3 Å². The summed E-state index contributed by atoms with van der Waals surface area (Å²) in [6, 6.07) is 12.8. The standard InChI is InChI=1S/C27H31FN6O/c1-3-5-22-8-9-23(17-24(22)28)31-18-26(35)32-25-16-21(7-6-20(25)2)19-33-12-14-34(15-13-33)27-29-10-4-11-30-27/h3-11,16-17,31H,12-15,18-19H2,1-2H3,(H,32,35)/b5-3+. The zero-order valence-corrected chi connectivity index (χ0v) is 20.2. The lowest BCUT2D eigenvalue weighted by molar-refractivity contribution is -0.114. The van der Waals surface area contributed by atoms with Crippen LogP contribution in [-0.2, 0) is 11.3 Å². The molecule has 8 heteroatoms. The SMILES string of the molecule is C/C=C/c1ccc(NCC(=O)Nc2cc(CN3CCN(c4ncccn4)CC3)ccc2C)cc1F. The molecule has 0 radical (unpaired) electrons. The van der Waals surface area contributed by atoms with Gasteiger partial charge in [0.15, 0.2) is 0 Å². The fourth-order valence-electron chi connectivity index (χ4n) is 4.05. The molecule has 7 nitrogen and oxygen atoms in total. The molecule has 0 atom stereocenters. The number of benzene rings is 2. The van der Waals surface area contributed by atoms with E-state index in [1.165, 1.54) is 6.07 Å². The first-order valence-corrected chi connectivity index (χ1v) is 11.8. The second kappa shape index (κ2) is 11.6. The van der Waals surface area contributed by atoms with Crippen molar-refractivity contribution in [2.45, 2.75) is 20.4 Å². The summed E-state index contributed by atoms with van der Waals surface area (Å²) < 4.78 is 14.1. The van der Waals surface area contributed by atoms with Gasteiger partial charge in [-0.15, -0.1) is 0 Å². The quantitative estimate of drug-likeness (QED) is 0.506. The minimum Gasteiger partial charge on any atom is -0.376 e. The Labute approximate surface area is 205 Å². The lowest BCUT2D eigenvalue weighted by Gasteiger charge is -2.34. The average Bonchev–Trinajstić information content (AvgIpc) is 2.87. The van der Waals surface area contributed by atoms with Crippen molar-refractivity contribution >= 4 is 29.3 Å². The van der Waals surface area contributed by atoms with Gasteiger partial charge in [-0.3, -0.25) is 9.69 Å². The maximum absolute atomic E-state index is 14.1. The number of carbonyl (C=O) groups excluding carboxylic acids is 1. The van der Waals surface area contributed by atoms with Crippen LogP contribution in [-0.4, -0.2) is 53.5 Å². The van der Waals surface area contributed by atoms with Crippen molar-refractivity contribution in [2.24, 2.45) is 0 Å². The summed E-state index contributed by atoms with van der Waals surface area (Å²) in [5.74, 6) is 0.270. The highest BCUT2D eigenvalue weighted by molar-refractivity contribution is 5.94. The molecule has 1 aromatic heterocycles. The number of halogens is 1. The molecule has 1 fully saturated rings. The number of hydrogen-bond acceptors (Lipinski definition) is 6. The monoisotopic (exact) mass is 474 g/mol. The summed E-state index contributed by atoms with van der Waals surface area (Å²) >= 11 is 0. The molecule has 0 spiro atoms. The molecule has 2 N–H and O–H groups in total. The van der Waals surface area contributed by atoms with E-state index >= 15 is 0 Å². The summed E-state index contributed by atoms with van der Waals surface area (Å²) in [5, 5.41) is 5.98. The lowest BCUT2D eigenvalue weighted by atomic mass is 10.1. The predicted molar refractivity (Wildman–Crippen MR) is 139 cm³/mol. The molecule has 0 saturated carbocycles. The molecular weight excluding hydrogens is 443 g/mol. The number of hydrogen-bond donors (Lipinski definition) is 2. The van der Waals surface area contributed by atoms with Crippen molar-refractivity contribution in [3.05, 3.63) is 83.4 Å². The summed E-state index contributed by atoms with van der Waals surface area (Å²) in [4.78, 5) is 25.8. The maximum Gasteiger partial charge on any atom is 0.243 e. The molecule has 2 heterocycles. The molecule has 35 heavy (non-hydrogen) atoms. The summed E-state index contributed by atoms with van der Waals surface area (Å²) in [7, 11) is 0. The Morgan fingerprint density at radius 1 is 1.09 bits per heavy atom. The lowest BCUT2D eigenvalue weighted by Crippen LogP contribution is -2.46. The second-order valence-electron chi connectivity index (χ2n) is 8.60. The largest absolute Gasteiger partial charge is 0.376 e. The number of piperazine rings is 1. The number of anilines is 3. The first-order chi connectivity index (χ1) is 17.0. The molecule has 0 bridgehead atoms. The Morgan fingerprint density at radius 3 is 2.57 bits per heavy atom. The first kappa shape index (κ1) is 24.3. The van der Waals surface area contributed by atoms with Gasteiger partial charge in [0.25, 0.3) is 0 Å². The van der Waals surface area contributed by atoms with E-state index in [9.17, 15) is 9.18 Å². The molecule has 4 rings (SSSR count). The fourth-order valence-corrected chi connectivity index (χ4v) is 4.05. The van der Waals surface area contributed by atoms with Crippen LogP contribution in [0.25, 0.3) is 6.08 Å². The van der Waals surface area contributed by atoms with Crippen LogP contribution in [0.4, 0.5) is 21.7 Å². The number of aryl methyl sites for hydroxylation is 1. The van der Waals surface area contributed by atoms with Gasteiger partial charge in [-0.25, -0.2) is 14.4 Å². The van der Waals surface area contributed by atoms with E-state index in [0.717, 1.165) is 55.5 Å². The summed E-state index contributed by atoms with van der Waals surface area (Å²) in [5.41, 5.74) is 4.02. The highest BCUT2D eigenvalue weighted by Gasteiger charge is 2.19. The van der Waals surface area contributed by atoms with Crippen LogP contribution >= 0.6 is 0 Å². The number of carbonyl (C=O) groups is 1. The Morgan fingerprint density at radius 2 is 1.86 bits per heavy atom. The van der Waals surface area contributed by atoms with Crippen molar-refractivity contribution in [3.8, 4) is 0 Å². The number of allylic oxidation sites excluding steroid dienone is 1. The molecule has 3 aromatic rings. The van der Waals surface area contributed by atoms with E-state index in [4.69, 9.17) is 0 Å². The van der Waals surface area contributed by atoms with Crippen LogP contribution < -0.4 is 15.5 Å². The van der Waals surface area contributed by atoms with Crippen LogP contribution in [0.1, 0.15) is 23.6 Å². The smallest absolute Gasteiger partial charge is 0.243 e. The topological polar surface area (TPSA) is 73.4 Å². The summed E-state index contributed by atoms with van der Waals surface area (Å²) in [6.07, 6.45) is 7.03. The third-order valence-electron chi connectivity index (χ3n) is 5.99. The van der Waals surface area contributed by atoms with E-state index in [1.54, 1.807) is 36.7 Å². The van der Waals surface area contributed by atoms with E-state index in [1.807, 2.05) is 32.0 Å². The Bertz CT molecular complexity index is 1180. The zero-order chi connectivity index (χ0) is 24.6. The maximum atomic E-state index is 14.1. The Balaban J connectivity index is 1.29. The molecule has 182 valence electrons. The van der Waals surface area contributed by atoms with Gasteiger partial charge < -0.3 is 15.5 Å². The minimum absolute atomic E-state index is 0.0512. The van der Waals surface area contributed by atoms with E-state index in [2.05, 4.69) is 36.5 Å². The highest BCUT2D eigenvalue weighted by atomic mass is 19.1. The molecule has 0 unspecified atom stereocenters. The van der Waals surface area contributed by atoms with E-state index < -0.39 is 0 Å². The van der Waals surface area contributed by atoms with Crippen molar-refractivity contribution < 1.29 is 9.18 Å². The first-order valence-electron chi connectivity index (χ1n) is 11.8. The predicted octanol–water partition coefficient (Wildman–Crippen LogP) is 4.33. The van der Waals surface area contributed by atoms with Gasteiger partial charge in [-0.1, -0.05) is 30.4 Å². The molecule has 0 aliphatic carbocycles. The van der Waals surface area contributed by atoms with Gasteiger partial charge in [-0.05, 0) is 49.2 Å². The second-order valence-corrected chi connectivity index (χ2v) is 8.60. The summed E-state index contributed by atoms with van der Waals surface area (Å²) in [6.45, 7) is 8.26. The number of aromatic nitrogens is 2. The van der Waals surface area contributed by atoms with Gasteiger partial charge in [0.2, 0.25) is 11.9 Å². The van der Waals surface area contributed by atoms with Crippen LogP contribution in [0, 0.1) is 12.7 Å². The van der Waals surface area contributed by atoms with Crippen molar-refractivity contribution in [1.82, 2.24) is 14.9 Å². The van der Waals surface area contributed by atoms with Crippen molar-refractivity contribution in [3.63, 3.8) is 0 Å². The molecule has 2 aromatic carbocycles. The molecule has 1 aliphatic heterocycles. The third-order valence-corrected chi connectivity index (χ3v) is 5.99. The van der Waals surface area contributed by atoms with Crippen LogP contribution in [0.15, 0.2) is 60.9 Å². The number of rotatable bonds is 8. The van der Waals surface area contributed by atoms with Crippen LogP contribution in [0.5, 0.6) is 0 Å². The van der Waals surface area contributed by atoms with Gasteiger partial charge in [-0.2, -0.15) is 0 Å². The third kappa shape index (κ3) is 6.64. The Kier molecular flexibility index (Phi) is 8.05. The Hall–Kier alpha value is -3.78. The van der Waals surface area contributed by atoms with Gasteiger partial charge in [0, 0.05) is 62.1 Å². The van der Waals surface area contributed by atoms with Crippen molar-refractivity contribution in [1.29, 1.82) is 0 Å². The van der Waals surface area contributed by atoms with Gasteiger partial charge >= 0.3 is 0 Å². The molecular formula is C27H31FN6O. The van der Waals surface area contributed by atoms with E-state index in [-0.39, 0.29) is 18.3 Å². The number of nitrogens with zero attached hydrogens (tertiary/aromatic N) is 4. The molecule has 1 amide bonds. The number of amides is 1. The average molecular weight is 475 g/mol. The van der Waals surface area contributed by atoms with E-state index in [0.29, 0.717) is 11.3 Å². The van der Waals surface area contributed by atoms with Gasteiger partial charge in [0.05, 0.1) is 6.54 Å². The highest BCUT2D eigenvalue weighted by Crippen LogP contribution is 2.20. The molecule has 1 aliphatic rings. The van der Waals surface area contributed by atoms with Crippen LogP contribution in [0.2, 0.25) is 0 Å². The fraction of sp³-hybridized carbons (Fsp3) is 0.296.